The largest absolute Gasteiger partial charge is 0.465 e. The number of H-pyrrole nitrogens is 2. The molecule has 0 bridgehead atoms. The predicted molar refractivity (Wildman–Crippen MR) is 230 cm³/mol. The molecule has 16 nitrogen and oxygen atoms in total. The Morgan fingerprint density at radius 2 is 1.32 bits per heavy atom. The average Bonchev–Trinajstić information content (AvgIpc) is 4.16. The molecule has 4 N–H and O–H groups in total. The van der Waals surface area contributed by atoms with Gasteiger partial charge in [-0.1, -0.05) is 78.9 Å². The highest BCUT2D eigenvalue weighted by atomic mass is 16.5. The molecule has 3 aromatic carbocycles. The van der Waals surface area contributed by atoms with Crippen molar-refractivity contribution in [2.75, 3.05) is 27.2 Å². The Bertz CT molecular complexity index is 2510. The number of rotatable bonds is 13. The third-order valence-corrected chi connectivity index (χ3v) is 11.9. The van der Waals surface area contributed by atoms with Crippen LogP contribution in [0, 0.1) is 0 Å². The summed E-state index contributed by atoms with van der Waals surface area (Å²) in [6, 6.07) is 24.2. The Morgan fingerprint density at radius 1 is 0.790 bits per heavy atom. The van der Waals surface area contributed by atoms with E-state index in [-0.39, 0.29) is 30.3 Å². The molecule has 62 heavy (non-hydrogen) atoms. The zero-order valence-corrected chi connectivity index (χ0v) is 34.9. The van der Waals surface area contributed by atoms with Gasteiger partial charge in [0.2, 0.25) is 11.8 Å². The molecule has 2 aliphatic rings. The van der Waals surface area contributed by atoms with E-state index in [0.717, 1.165) is 69.8 Å². The second-order valence-corrected chi connectivity index (χ2v) is 15.9. The molecule has 16 heteroatoms. The number of imidazole rings is 3. The number of ether oxygens (including phenoxy) is 1. The molecule has 6 aromatic rings. The van der Waals surface area contributed by atoms with E-state index in [4.69, 9.17) is 9.72 Å². The van der Waals surface area contributed by atoms with Gasteiger partial charge in [0.1, 0.15) is 23.7 Å². The summed E-state index contributed by atoms with van der Waals surface area (Å²) in [5, 5.41) is 12.1. The van der Waals surface area contributed by atoms with E-state index in [1.54, 1.807) is 35.4 Å². The number of hydrogen-bond donors (Lipinski definition) is 4. The van der Waals surface area contributed by atoms with E-state index in [2.05, 4.69) is 49.5 Å². The fourth-order valence-corrected chi connectivity index (χ4v) is 8.39. The first-order chi connectivity index (χ1) is 30.1. The molecule has 0 aliphatic carbocycles. The molecule has 0 saturated carbocycles. The molecular weight excluding hydrogens is 789 g/mol. The minimum atomic E-state index is -1.14. The van der Waals surface area contributed by atoms with Gasteiger partial charge in [-0.05, 0) is 60.4 Å². The van der Waals surface area contributed by atoms with Gasteiger partial charge in [-0.25, -0.2) is 24.5 Å². The topological polar surface area (TPSA) is 195 Å². The van der Waals surface area contributed by atoms with Crippen LogP contribution in [0.1, 0.15) is 67.6 Å². The molecule has 0 spiro atoms. The smallest absolute Gasteiger partial charge is 0.407 e. The molecule has 2 aliphatic heterocycles. The van der Waals surface area contributed by atoms with Crippen LogP contribution in [0.25, 0.3) is 33.6 Å². The van der Waals surface area contributed by atoms with Gasteiger partial charge in [0.25, 0.3) is 0 Å². The fraction of sp³-hybridized carbons (Fsp3) is 0.326. The lowest BCUT2D eigenvalue weighted by Crippen LogP contribution is -2.49. The van der Waals surface area contributed by atoms with Crippen molar-refractivity contribution in [2.45, 2.75) is 69.7 Å². The van der Waals surface area contributed by atoms with Gasteiger partial charge in [-0.15, -0.1) is 0 Å². The first kappa shape index (κ1) is 41.5. The van der Waals surface area contributed by atoms with E-state index >= 15 is 0 Å². The van der Waals surface area contributed by atoms with Crippen LogP contribution < -0.4 is 5.32 Å². The summed E-state index contributed by atoms with van der Waals surface area (Å²) in [4.78, 5) is 76.5. The molecule has 320 valence electrons. The summed E-state index contributed by atoms with van der Waals surface area (Å²) in [7, 11) is 2.68. The van der Waals surface area contributed by atoms with Crippen molar-refractivity contribution in [2.24, 2.45) is 0 Å². The van der Waals surface area contributed by atoms with Crippen LogP contribution in [-0.4, -0.2) is 113 Å². The maximum atomic E-state index is 14.1. The Morgan fingerprint density at radius 3 is 1.85 bits per heavy atom. The van der Waals surface area contributed by atoms with Crippen molar-refractivity contribution < 1.29 is 29.0 Å². The monoisotopic (exact) mass is 838 g/mol. The molecule has 2 fully saturated rings. The normalized spacial score (nSPS) is 17.1. The number of amides is 4. The van der Waals surface area contributed by atoms with Crippen molar-refractivity contribution in [1.82, 2.24) is 49.5 Å². The highest BCUT2D eigenvalue weighted by Crippen LogP contribution is 2.35. The number of hydrogen-bond acceptors (Lipinski definition) is 8. The number of aromatic amines is 2. The van der Waals surface area contributed by atoms with E-state index in [0.29, 0.717) is 37.0 Å². The summed E-state index contributed by atoms with van der Waals surface area (Å²) in [5.41, 5.74) is 7.44. The second-order valence-electron chi connectivity index (χ2n) is 15.9. The van der Waals surface area contributed by atoms with Gasteiger partial charge in [-0.2, -0.15) is 0 Å². The molecule has 0 unspecified atom stereocenters. The molecular formula is C46H50N10O6. The van der Waals surface area contributed by atoms with Crippen LogP contribution in [0.15, 0.2) is 104 Å². The van der Waals surface area contributed by atoms with Crippen molar-refractivity contribution in [3.05, 3.63) is 127 Å². The van der Waals surface area contributed by atoms with Crippen LogP contribution in [0.4, 0.5) is 9.59 Å². The molecule has 8 rings (SSSR count). The fourth-order valence-electron chi connectivity index (χ4n) is 8.39. The van der Waals surface area contributed by atoms with E-state index in [1.807, 2.05) is 65.4 Å². The van der Waals surface area contributed by atoms with Gasteiger partial charge < -0.3 is 39.5 Å². The van der Waals surface area contributed by atoms with Gasteiger partial charge in [0.15, 0.2) is 0 Å². The Kier molecular flexibility index (Phi) is 12.2. The number of carbonyl (C=O) groups excluding carboxylic acids is 3. The minimum Gasteiger partial charge on any atom is -0.465 e. The summed E-state index contributed by atoms with van der Waals surface area (Å²) >= 11 is 0. The van der Waals surface area contributed by atoms with Crippen molar-refractivity contribution >= 4 is 24.0 Å². The number of aromatic nitrogens is 6. The number of likely N-dealkylation sites (tertiary alicyclic amines) is 2. The standard InChI is InChI=1S/C46H50N10O6/c1-29(53(2)46(60)61)43(57)55-21-7-11-39(55)41-47-24-37(50-41)33-17-13-31(14-18-33)32-15-19-34(20-16-32)38-25-48-42(51-38)40-12-8-22-56(40)44(58)36(52-45(59)62-3)23-35-27-54(28-49-35)26-30-9-5-4-6-10-30/h4-6,9-10,13-20,24-25,27-29,36,39-40H,7-8,11-12,21-23,26H2,1-3H3,(H,47,50)(H,48,51)(H,52,59)(H,60,61)/t29-,36-,39-,40-/m0/s1. The number of nitrogens with one attached hydrogen (secondary N) is 3. The SMILES string of the molecule is COC(=O)N[C@@H](Cc1cn(Cc2ccccc2)cn1)C(=O)N1CCC[C@H]1c1ncc(-c2ccc(-c3ccc(-c4cnc([C@@H]5CCCN5C(=O)[C@H](C)N(C)C(=O)O)[nH]4)cc3)cc2)[nH]1. The number of carboxylic acid groups (broad SMARTS) is 1. The molecule has 4 amide bonds. The zero-order valence-electron chi connectivity index (χ0n) is 34.9. The number of methoxy groups -OCH3 is 1. The Balaban J connectivity index is 0.907. The van der Waals surface area contributed by atoms with Gasteiger partial charge >= 0.3 is 12.2 Å². The first-order valence-corrected chi connectivity index (χ1v) is 20.8. The Hall–Kier alpha value is -7.23. The van der Waals surface area contributed by atoms with Crippen LogP contribution >= 0.6 is 0 Å². The van der Waals surface area contributed by atoms with Crippen LogP contribution in [-0.2, 0) is 27.3 Å². The molecule has 2 saturated heterocycles. The minimum absolute atomic E-state index is 0.209. The zero-order chi connectivity index (χ0) is 43.3. The van der Waals surface area contributed by atoms with Crippen LogP contribution in [0.3, 0.4) is 0 Å². The number of nitrogens with zero attached hydrogens (tertiary/aromatic N) is 7. The summed E-state index contributed by atoms with van der Waals surface area (Å²) < 4.78 is 6.85. The molecule has 5 heterocycles. The lowest BCUT2D eigenvalue weighted by atomic mass is 10.0. The second kappa shape index (κ2) is 18.2. The highest BCUT2D eigenvalue weighted by molar-refractivity contribution is 5.87. The van der Waals surface area contributed by atoms with Crippen LogP contribution in [0.2, 0.25) is 0 Å². The number of alkyl carbamates (subject to hydrolysis) is 1. The molecule has 3 aromatic heterocycles. The van der Waals surface area contributed by atoms with Gasteiger partial charge in [0, 0.05) is 39.3 Å². The maximum Gasteiger partial charge on any atom is 0.407 e. The third-order valence-electron chi connectivity index (χ3n) is 11.9. The van der Waals surface area contributed by atoms with Gasteiger partial charge in [-0.3, -0.25) is 14.5 Å². The van der Waals surface area contributed by atoms with Crippen LogP contribution in [0.5, 0.6) is 0 Å². The quantitative estimate of drug-likeness (QED) is 0.0983. The Labute approximate surface area is 359 Å². The summed E-state index contributed by atoms with van der Waals surface area (Å²) in [6.45, 7) is 3.33. The first-order valence-electron chi connectivity index (χ1n) is 20.8. The van der Waals surface area contributed by atoms with Crippen molar-refractivity contribution in [3.63, 3.8) is 0 Å². The van der Waals surface area contributed by atoms with Gasteiger partial charge in [0.05, 0.1) is 55.0 Å². The molecule has 4 atom stereocenters. The highest BCUT2D eigenvalue weighted by Gasteiger charge is 2.38. The number of carbonyl (C=O) groups is 4. The number of likely N-dealkylation sites (N-methyl/N-ethyl adjacent to an activating group) is 1. The summed E-state index contributed by atoms with van der Waals surface area (Å²) in [6.07, 6.45) is 8.66. The lowest BCUT2D eigenvalue weighted by Gasteiger charge is -2.29. The third kappa shape index (κ3) is 8.94. The average molecular weight is 839 g/mol. The maximum absolute atomic E-state index is 14.1. The summed E-state index contributed by atoms with van der Waals surface area (Å²) in [5.74, 6) is 0.913. The van der Waals surface area contributed by atoms with E-state index < -0.39 is 24.3 Å². The van der Waals surface area contributed by atoms with E-state index in [9.17, 15) is 24.3 Å². The number of benzene rings is 3. The van der Waals surface area contributed by atoms with Crippen molar-refractivity contribution in [3.8, 4) is 33.6 Å². The van der Waals surface area contributed by atoms with E-state index in [1.165, 1.54) is 14.2 Å². The lowest BCUT2D eigenvalue weighted by molar-refractivity contribution is -0.136. The predicted octanol–water partition coefficient (Wildman–Crippen LogP) is 6.67. The molecule has 0 radical (unpaired) electrons. The van der Waals surface area contributed by atoms with Crippen molar-refractivity contribution in [1.29, 1.82) is 0 Å².